The van der Waals surface area contributed by atoms with Crippen LogP contribution >= 0.6 is 0 Å². The Labute approximate surface area is 104 Å². The maximum absolute atomic E-state index is 12.2. The fourth-order valence-corrected chi connectivity index (χ4v) is 2.18. The summed E-state index contributed by atoms with van der Waals surface area (Å²) < 4.78 is 5.50. The van der Waals surface area contributed by atoms with Crippen LogP contribution in [-0.4, -0.2) is 42.3 Å². The number of rotatable bonds is 3. The van der Waals surface area contributed by atoms with E-state index in [1.165, 1.54) is 12.8 Å². The molecule has 0 spiro atoms. The SMILES string of the molecule is CC(C)(C)OC(=O)N(CC1CC1)[C@@H]1CCNC1. The lowest BCUT2D eigenvalue weighted by molar-refractivity contribution is 0.0166. The number of nitrogens with zero attached hydrogens (tertiary/aromatic N) is 1. The molecule has 1 atom stereocenters. The van der Waals surface area contributed by atoms with Crippen molar-refractivity contribution in [3.05, 3.63) is 0 Å². The summed E-state index contributed by atoms with van der Waals surface area (Å²) >= 11 is 0. The van der Waals surface area contributed by atoms with E-state index >= 15 is 0 Å². The van der Waals surface area contributed by atoms with Crippen LogP contribution in [0.3, 0.4) is 0 Å². The molecular formula is C13H24N2O2. The molecule has 2 fully saturated rings. The van der Waals surface area contributed by atoms with Crippen molar-refractivity contribution in [2.75, 3.05) is 19.6 Å². The molecule has 0 aromatic rings. The molecule has 1 saturated heterocycles. The number of carbonyl (C=O) groups is 1. The van der Waals surface area contributed by atoms with Gasteiger partial charge in [-0.1, -0.05) is 0 Å². The number of hydrogen-bond acceptors (Lipinski definition) is 3. The standard InChI is InChI=1S/C13H24N2O2/c1-13(2,3)17-12(16)15(9-10-4-5-10)11-6-7-14-8-11/h10-11,14H,4-9H2,1-3H3/t11-/m1/s1. The highest BCUT2D eigenvalue weighted by atomic mass is 16.6. The minimum Gasteiger partial charge on any atom is -0.444 e. The van der Waals surface area contributed by atoms with Crippen LogP contribution in [0.1, 0.15) is 40.0 Å². The van der Waals surface area contributed by atoms with E-state index in [0.29, 0.717) is 12.0 Å². The summed E-state index contributed by atoms with van der Waals surface area (Å²) in [6, 6.07) is 0.324. The van der Waals surface area contributed by atoms with Crippen LogP contribution in [-0.2, 0) is 4.74 Å². The maximum Gasteiger partial charge on any atom is 0.410 e. The Morgan fingerprint density at radius 3 is 2.53 bits per heavy atom. The van der Waals surface area contributed by atoms with Crippen LogP contribution in [0, 0.1) is 5.92 Å². The van der Waals surface area contributed by atoms with Gasteiger partial charge in [-0.3, -0.25) is 0 Å². The average molecular weight is 240 g/mol. The van der Waals surface area contributed by atoms with Crippen LogP contribution in [0.15, 0.2) is 0 Å². The second kappa shape index (κ2) is 4.84. The number of ether oxygens (including phenoxy) is 1. The smallest absolute Gasteiger partial charge is 0.410 e. The molecule has 0 radical (unpaired) electrons. The van der Waals surface area contributed by atoms with Crippen LogP contribution in [0.2, 0.25) is 0 Å². The Hall–Kier alpha value is -0.770. The first-order valence-electron chi connectivity index (χ1n) is 6.66. The third-order valence-corrected chi connectivity index (χ3v) is 3.25. The van der Waals surface area contributed by atoms with Crippen molar-refractivity contribution < 1.29 is 9.53 Å². The van der Waals surface area contributed by atoms with Crippen molar-refractivity contribution >= 4 is 6.09 Å². The maximum atomic E-state index is 12.2. The van der Waals surface area contributed by atoms with Crippen LogP contribution < -0.4 is 5.32 Å². The number of hydrogen-bond donors (Lipinski definition) is 1. The Bertz CT molecular complexity index is 276. The molecule has 1 aliphatic carbocycles. The summed E-state index contributed by atoms with van der Waals surface area (Å²) in [6.45, 7) is 8.56. The quantitative estimate of drug-likeness (QED) is 0.820. The second-order valence-electron chi connectivity index (χ2n) is 6.22. The van der Waals surface area contributed by atoms with Gasteiger partial charge in [-0.15, -0.1) is 0 Å². The Kier molecular flexibility index (Phi) is 3.61. The van der Waals surface area contributed by atoms with Gasteiger partial charge in [-0.2, -0.15) is 0 Å². The molecule has 2 rings (SSSR count). The molecule has 1 N–H and O–H groups in total. The lowest BCUT2D eigenvalue weighted by Crippen LogP contribution is -2.45. The minimum absolute atomic E-state index is 0.141. The predicted octanol–water partition coefficient (Wildman–Crippen LogP) is 2.00. The minimum atomic E-state index is -0.398. The predicted molar refractivity (Wildman–Crippen MR) is 66.9 cm³/mol. The van der Waals surface area contributed by atoms with Gasteiger partial charge >= 0.3 is 6.09 Å². The van der Waals surface area contributed by atoms with E-state index < -0.39 is 5.60 Å². The van der Waals surface area contributed by atoms with E-state index in [-0.39, 0.29) is 6.09 Å². The van der Waals surface area contributed by atoms with E-state index in [4.69, 9.17) is 4.74 Å². The number of nitrogens with one attached hydrogen (secondary N) is 1. The van der Waals surface area contributed by atoms with Crippen molar-refractivity contribution in [3.8, 4) is 0 Å². The van der Waals surface area contributed by atoms with Crippen molar-refractivity contribution in [2.45, 2.75) is 51.7 Å². The fraction of sp³-hybridized carbons (Fsp3) is 0.923. The van der Waals surface area contributed by atoms with Crippen LogP contribution in [0.25, 0.3) is 0 Å². The highest BCUT2D eigenvalue weighted by Crippen LogP contribution is 2.31. The molecular weight excluding hydrogens is 216 g/mol. The van der Waals surface area contributed by atoms with Crippen molar-refractivity contribution in [3.63, 3.8) is 0 Å². The molecule has 1 saturated carbocycles. The average Bonchev–Trinajstić information content (AvgIpc) is 2.85. The second-order valence-corrected chi connectivity index (χ2v) is 6.22. The molecule has 98 valence electrons. The molecule has 0 aromatic carbocycles. The van der Waals surface area contributed by atoms with Gasteiger partial charge in [0.25, 0.3) is 0 Å². The highest BCUT2D eigenvalue weighted by Gasteiger charge is 2.34. The van der Waals surface area contributed by atoms with Gasteiger partial charge in [0.1, 0.15) is 5.60 Å². The first-order chi connectivity index (χ1) is 7.96. The summed E-state index contributed by atoms with van der Waals surface area (Å²) in [5.74, 6) is 0.711. The Morgan fingerprint density at radius 2 is 2.06 bits per heavy atom. The number of carbonyl (C=O) groups excluding carboxylic acids is 1. The zero-order valence-corrected chi connectivity index (χ0v) is 11.2. The van der Waals surface area contributed by atoms with Gasteiger partial charge in [0.05, 0.1) is 0 Å². The highest BCUT2D eigenvalue weighted by molar-refractivity contribution is 5.68. The summed E-state index contributed by atoms with van der Waals surface area (Å²) in [7, 11) is 0. The first-order valence-corrected chi connectivity index (χ1v) is 6.66. The van der Waals surface area contributed by atoms with Gasteiger partial charge in [0.2, 0.25) is 0 Å². The van der Waals surface area contributed by atoms with E-state index in [0.717, 1.165) is 26.1 Å². The van der Waals surface area contributed by atoms with Crippen molar-refractivity contribution in [1.29, 1.82) is 0 Å². The molecule has 0 aromatic heterocycles. The summed E-state index contributed by atoms with van der Waals surface area (Å²) in [4.78, 5) is 14.1. The topological polar surface area (TPSA) is 41.6 Å². The normalized spacial score (nSPS) is 24.8. The van der Waals surface area contributed by atoms with Gasteiger partial charge < -0.3 is 15.0 Å². The molecule has 1 amide bonds. The summed E-state index contributed by atoms with van der Waals surface area (Å²) in [5.41, 5.74) is -0.398. The van der Waals surface area contributed by atoms with Crippen molar-refractivity contribution in [2.24, 2.45) is 5.92 Å². The Balaban J connectivity index is 1.95. The monoisotopic (exact) mass is 240 g/mol. The molecule has 1 aliphatic heterocycles. The molecule has 1 heterocycles. The molecule has 4 nitrogen and oxygen atoms in total. The van der Waals surface area contributed by atoms with E-state index in [2.05, 4.69) is 5.32 Å². The number of amides is 1. The lowest BCUT2D eigenvalue weighted by Gasteiger charge is -2.31. The summed E-state index contributed by atoms with van der Waals surface area (Å²) in [5, 5.41) is 3.31. The van der Waals surface area contributed by atoms with Gasteiger partial charge in [-0.05, 0) is 52.5 Å². The van der Waals surface area contributed by atoms with Gasteiger partial charge in [-0.25, -0.2) is 4.79 Å². The van der Waals surface area contributed by atoms with Crippen LogP contribution in [0.5, 0.6) is 0 Å². The van der Waals surface area contributed by atoms with Crippen LogP contribution in [0.4, 0.5) is 4.79 Å². The molecule has 0 unspecified atom stereocenters. The third kappa shape index (κ3) is 3.87. The third-order valence-electron chi connectivity index (χ3n) is 3.25. The zero-order chi connectivity index (χ0) is 12.5. The van der Waals surface area contributed by atoms with Crippen molar-refractivity contribution in [1.82, 2.24) is 10.2 Å². The van der Waals surface area contributed by atoms with E-state index in [1.54, 1.807) is 0 Å². The molecule has 2 aliphatic rings. The largest absolute Gasteiger partial charge is 0.444 e. The lowest BCUT2D eigenvalue weighted by atomic mass is 10.2. The molecule has 17 heavy (non-hydrogen) atoms. The molecule has 4 heteroatoms. The van der Waals surface area contributed by atoms with Gasteiger partial charge in [0.15, 0.2) is 0 Å². The zero-order valence-electron chi connectivity index (χ0n) is 11.2. The fourth-order valence-electron chi connectivity index (χ4n) is 2.18. The summed E-state index contributed by atoms with van der Waals surface area (Å²) in [6.07, 6.45) is 3.43. The van der Waals surface area contributed by atoms with Gasteiger partial charge in [0, 0.05) is 19.1 Å². The first kappa shape index (κ1) is 12.7. The molecule has 0 bridgehead atoms. The van der Waals surface area contributed by atoms with E-state index in [9.17, 15) is 4.79 Å². The van der Waals surface area contributed by atoms with E-state index in [1.807, 2.05) is 25.7 Å². The Morgan fingerprint density at radius 1 is 1.35 bits per heavy atom.